The van der Waals surface area contributed by atoms with Crippen LogP contribution in [0.2, 0.25) is 0 Å². The van der Waals surface area contributed by atoms with Crippen LogP contribution in [0, 0.1) is 11.3 Å². The summed E-state index contributed by atoms with van der Waals surface area (Å²) in [7, 11) is 0. The summed E-state index contributed by atoms with van der Waals surface area (Å²) in [6.45, 7) is -1.08. The van der Waals surface area contributed by atoms with Gasteiger partial charge in [-0.3, -0.25) is 9.36 Å². The predicted octanol–water partition coefficient (Wildman–Crippen LogP) is 8.08. The molecule has 2 heterocycles. The molecule has 10 heteroatoms. The number of para-hydroxylation sites is 2. The molecular formula is C32H31F4N5O. The maximum absolute atomic E-state index is 14.0. The second-order valence-corrected chi connectivity index (χ2v) is 11.2. The van der Waals surface area contributed by atoms with E-state index in [-0.39, 0.29) is 23.3 Å². The third-order valence-electron chi connectivity index (χ3n) is 8.16. The van der Waals surface area contributed by atoms with E-state index in [2.05, 4.69) is 10.3 Å². The standard InChI is InChI=1S/C32H31F4N5O/c1-32(35,36)22-5-4-6-23(18-22)38-25-12-11-21(17-24(25)28(37)19-9-10-19)30(42)40-15-13-20(14-16-40)29-39-26-7-2-3-8-27(26)41(29)31(33)34/h2-8,11-12,17-20,31,37-38H,9-10,13-16H2,1H3. The van der Waals surface area contributed by atoms with Crippen molar-refractivity contribution in [3.05, 3.63) is 89.2 Å². The highest BCUT2D eigenvalue weighted by molar-refractivity contribution is 6.08. The lowest BCUT2D eigenvalue weighted by molar-refractivity contribution is 0.0175. The van der Waals surface area contributed by atoms with E-state index < -0.39 is 12.5 Å². The number of amides is 1. The number of nitrogens with one attached hydrogen (secondary N) is 2. The van der Waals surface area contributed by atoms with Gasteiger partial charge >= 0.3 is 6.55 Å². The van der Waals surface area contributed by atoms with Gasteiger partial charge in [0.1, 0.15) is 5.82 Å². The number of aromatic nitrogens is 2. The Hall–Kier alpha value is -4.21. The average Bonchev–Trinajstić information content (AvgIpc) is 3.76. The summed E-state index contributed by atoms with van der Waals surface area (Å²) in [5, 5.41) is 11.9. The first-order valence-electron chi connectivity index (χ1n) is 14.1. The number of rotatable bonds is 8. The van der Waals surface area contributed by atoms with Gasteiger partial charge in [0.2, 0.25) is 0 Å². The molecule has 1 aromatic heterocycles. The van der Waals surface area contributed by atoms with Gasteiger partial charge in [-0.15, -0.1) is 0 Å². The zero-order chi connectivity index (χ0) is 29.6. The number of imidazole rings is 1. The van der Waals surface area contributed by atoms with Gasteiger partial charge in [-0.05, 0) is 68.1 Å². The number of fused-ring (bicyclic) bond motifs is 1. The highest BCUT2D eigenvalue weighted by Crippen LogP contribution is 2.37. The molecule has 0 spiro atoms. The molecule has 3 aromatic carbocycles. The fourth-order valence-electron chi connectivity index (χ4n) is 5.71. The van der Waals surface area contributed by atoms with Crippen LogP contribution >= 0.6 is 0 Å². The zero-order valence-corrected chi connectivity index (χ0v) is 23.1. The number of hydrogen-bond acceptors (Lipinski definition) is 4. The Balaban J connectivity index is 1.21. The fraction of sp³-hybridized carbons (Fsp3) is 0.344. The molecule has 4 aromatic rings. The Labute approximate surface area is 240 Å². The quantitative estimate of drug-likeness (QED) is 0.164. The van der Waals surface area contributed by atoms with E-state index in [1.54, 1.807) is 59.5 Å². The lowest BCUT2D eigenvalue weighted by Crippen LogP contribution is -2.38. The van der Waals surface area contributed by atoms with Gasteiger partial charge in [-0.1, -0.05) is 24.3 Å². The summed E-state index contributed by atoms with van der Waals surface area (Å²) < 4.78 is 56.8. The number of piperidine rings is 1. The summed E-state index contributed by atoms with van der Waals surface area (Å²) >= 11 is 0. The molecule has 218 valence electrons. The van der Waals surface area contributed by atoms with Crippen LogP contribution in [0.5, 0.6) is 0 Å². The number of alkyl halides is 4. The van der Waals surface area contributed by atoms with Crippen molar-refractivity contribution < 1.29 is 22.4 Å². The molecule has 1 saturated heterocycles. The van der Waals surface area contributed by atoms with Crippen LogP contribution in [0.1, 0.15) is 72.4 Å². The summed E-state index contributed by atoms with van der Waals surface area (Å²) in [6.07, 6.45) is 2.80. The Morgan fingerprint density at radius 1 is 1.00 bits per heavy atom. The number of hydrogen-bond donors (Lipinski definition) is 2. The van der Waals surface area contributed by atoms with Gasteiger partial charge < -0.3 is 15.6 Å². The Morgan fingerprint density at radius 3 is 2.43 bits per heavy atom. The third-order valence-corrected chi connectivity index (χ3v) is 8.16. The Kier molecular flexibility index (Phi) is 7.24. The van der Waals surface area contributed by atoms with Crippen molar-refractivity contribution in [2.45, 2.75) is 51.0 Å². The molecule has 6 nitrogen and oxygen atoms in total. The molecule has 2 N–H and O–H groups in total. The number of halogens is 4. The fourth-order valence-corrected chi connectivity index (χ4v) is 5.71. The first-order chi connectivity index (χ1) is 20.1. The maximum atomic E-state index is 14.0. The minimum Gasteiger partial charge on any atom is -0.355 e. The van der Waals surface area contributed by atoms with E-state index in [9.17, 15) is 22.4 Å². The van der Waals surface area contributed by atoms with E-state index >= 15 is 0 Å². The van der Waals surface area contributed by atoms with Gasteiger partial charge in [0, 0.05) is 65.6 Å². The van der Waals surface area contributed by atoms with Crippen molar-refractivity contribution in [2.75, 3.05) is 18.4 Å². The van der Waals surface area contributed by atoms with Crippen molar-refractivity contribution in [1.82, 2.24) is 14.5 Å². The number of nitrogens with zero attached hydrogens (tertiary/aromatic N) is 3. The number of anilines is 2. The SMILES string of the molecule is CC(F)(F)c1cccc(Nc2ccc(C(=O)N3CCC(c4nc5ccccc5n4C(F)F)CC3)cc2C(=N)C2CC2)c1. The third kappa shape index (κ3) is 5.49. The second-order valence-electron chi connectivity index (χ2n) is 11.2. The molecule has 1 aliphatic carbocycles. The molecule has 1 saturated carbocycles. The molecule has 0 bridgehead atoms. The molecular weight excluding hydrogens is 546 g/mol. The smallest absolute Gasteiger partial charge is 0.320 e. The highest BCUT2D eigenvalue weighted by atomic mass is 19.3. The normalized spacial score (nSPS) is 16.3. The molecule has 0 radical (unpaired) electrons. The summed E-state index contributed by atoms with van der Waals surface area (Å²) in [5.74, 6) is -2.94. The average molecular weight is 578 g/mol. The maximum Gasteiger partial charge on any atom is 0.320 e. The first kappa shape index (κ1) is 27.9. The van der Waals surface area contributed by atoms with Crippen LogP contribution in [-0.4, -0.2) is 39.2 Å². The van der Waals surface area contributed by atoms with E-state index in [4.69, 9.17) is 5.41 Å². The zero-order valence-electron chi connectivity index (χ0n) is 23.1. The molecule has 42 heavy (non-hydrogen) atoms. The lowest BCUT2D eigenvalue weighted by atomic mass is 9.94. The summed E-state index contributed by atoms with van der Waals surface area (Å²) in [5.41, 5.74) is 3.25. The van der Waals surface area contributed by atoms with E-state index in [1.807, 2.05) is 0 Å². The van der Waals surface area contributed by atoms with Crippen molar-refractivity contribution in [1.29, 1.82) is 5.41 Å². The van der Waals surface area contributed by atoms with Crippen LogP contribution < -0.4 is 5.32 Å². The van der Waals surface area contributed by atoms with Gasteiger partial charge in [0.15, 0.2) is 0 Å². The van der Waals surface area contributed by atoms with Gasteiger partial charge in [-0.2, -0.15) is 8.78 Å². The number of likely N-dealkylation sites (tertiary alicyclic amines) is 1. The van der Waals surface area contributed by atoms with Crippen molar-refractivity contribution in [3.8, 4) is 0 Å². The van der Waals surface area contributed by atoms with Crippen LogP contribution in [0.3, 0.4) is 0 Å². The van der Waals surface area contributed by atoms with E-state index in [1.165, 1.54) is 12.1 Å². The molecule has 0 atom stereocenters. The van der Waals surface area contributed by atoms with Crippen molar-refractivity contribution >= 4 is 34.0 Å². The second kappa shape index (κ2) is 10.9. The lowest BCUT2D eigenvalue weighted by Gasteiger charge is -2.32. The molecule has 0 unspecified atom stereocenters. The Bertz CT molecular complexity index is 1650. The van der Waals surface area contributed by atoms with Crippen molar-refractivity contribution in [2.24, 2.45) is 5.92 Å². The van der Waals surface area contributed by atoms with Crippen LogP contribution in [0.15, 0.2) is 66.7 Å². The van der Waals surface area contributed by atoms with Gasteiger partial charge in [0.25, 0.3) is 11.8 Å². The molecule has 2 aliphatic rings. The molecule has 1 amide bonds. The topological polar surface area (TPSA) is 74.0 Å². The van der Waals surface area contributed by atoms with Crippen LogP contribution in [0.25, 0.3) is 11.0 Å². The van der Waals surface area contributed by atoms with Gasteiger partial charge in [-0.25, -0.2) is 13.8 Å². The monoisotopic (exact) mass is 577 g/mol. The van der Waals surface area contributed by atoms with E-state index in [0.717, 1.165) is 24.3 Å². The largest absolute Gasteiger partial charge is 0.355 e. The van der Waals surface area contributed by atoms with Crippen LogP contribution in [-0.2, 0) is 5.92 Å². The first-order valence-corrected chi connectivity index (χ1v) is 14.1. The van der Waals surface area contributed by atoms with Crippen LogP contribution in [0.4, 0.5) is 28.9 Å². The van der Waals surface area contributed by atoms with Crippen molar-refractivity contribution in [3.63, 3.8) is 0 Å². The summed E-state index contributed by atoms with van der Waals surface area (Å²) in [4.78, 5) is 19.8. The number of carbonyl (C=O) groups excluding carboxylic acids is 1. The van der Waals surface area contributed by atoms with E-state index in [0.29, 0.717) is 71.0 Å². The predicted molar refractivity (Wildman–Crippen MR) is 154 cm³/mol. The molecule has 1 aliphatic heterocycles. The highest BCUT2D eigenvalue weighted by Gasteiger charge is 2.32. The Morgan fingerprint density at radius 2 is 1.74 bits per heavy atom. The number of carbonyl (C=O) groups is 1. The van der Waals surface area contributed by atoms with Gasteiger partial charge in [0.05, 0.1) is 11.0 Å². The summed E-state index contributed by atoms with van der Waals surface area (Å²) in [6, 6.07) is 17.9. The molecule has 2 fully saturated rings. The minimum atomic E-state index is -2.99. The minimum absolute atomic E-state index is 0.104. The molecule has 6 rings (SSSR count). The number of benzene rings is 3.